The minimum atomic E-state index is 0.265. The first kappa shape index (κ1) is 13.2. The molecular weight excluding hydrogens is 306 g/mol. The Kier molecular flexibility index (Phi) is 2.85. The summed E-state index contributed by atoms with van der Waals surface area (Å²) in [6.45, 7) is 0.544. The fourth-order valence-corrected chi connectivity index (χ4v) is 2.91. The van der Waals surface area contributed by atoms with Gasteiger partial charge in [0.1, 0.15) is 0 Å². The summed E-state index contributed by atoms with van der Waals surface area (Å²) in [4.78, 5) is 4.48. The summed E-state index contributed by atoms with van der Waals surface area (Å²) in [6.07, 6.45) is 5.79. The number of pyridine rings is 1. The second kappa shape index (κ2) is 5.16. The third-order valence-corrected chi connectivity index (χ3v) is 4.12. The van der Waals surface area contributed by atoms with E-state index in [1.165, 1.54) is 0 Å². The molecule has 2 aromatic carbocycles. The topological polar surface area (TPSA) is 49.8 Å². The van der Waals surface area contributed by atoms with Gasteiger partial charge in [0, 0.05) is 11.6 Å². The number of fused-ring (bicyclic) bond motifs is 3. The molecular formula is C19H13NO4. The maximum atomic E-state index is 5.47. The van der Waals surface area contributed by atoms with Crippen molar-refractivity contribution in [2.24, 2.45) is 0 Å². The van der Waals surface area contributed by atoms with Crippen molar-refractivity contribution in [1.29, 1.82) is 0 Å². The predicted octanol–water partition coefficient (Wildman–Crippen LogP) is 3.86. The van der Waals surface area contributed by atoms with Gasteiger partial charge in [0.25, 0.3) is 0 Å². The Morgan fingerprint density at radius 1 is 0.750 bits per heavy atom. The maximum Gasteiger partial charge on any atom is 0.231 e. The second-order valence-electron chi connectivity index (χ2n) is 5.57. The van der Waals surface area contributed by atoms with Crippen molar-refractivity contribution in [3.63, 3.8) is 0 Å². The van der Waals surface area contributed by atoms with Crippen molar-refractivity contribution in [2.75, 3.05) is 13.6 Å². The molecule has 5 rings (SSSR count). The molecule has 5 heteroatoms. The lowest BCUT2D eigenvalue weighted by atomic mass is 10.1. The number of ether oxygens (including phenoxy) is 4. The zero-order valence-corrected chi connectivity index (χ0v) is 12.7. The molecule has 0 fully saturated rings. The smallest absolute Gasteiger partial charge is 0.231 e. The SMILES string of the molecule is C(=Cc1nccc2cc3c(cc12)OCO3)c1ccc2c(c1)OCO2. The van der Waals surface area contributed by atoms with Gasteiger partial charge in [-0.2, -0.15) is 0 Å². The van der Waals surface area contributed by atoms with Gasteiger partial charge < -0.3 is 18.9 Å². The van der Waals surface area contributed by atoms with Crippen molar-refractivity contribution in [1.82, 2.24) is 4.98 Å². The van der Waals surface area contributed by atoms with E-state index >= 15 is 0 Å². The van der Waals surface area contributed by atoms with Crippen LogP contribution in [0.2, 0.25) is 0 Å². The third-order valence-electron chi connectivity index (χ3n) is 4.12. The van der Waals surface area contributed by atoms with Gasteiger partial charge in [-0.1, -0.05) is 12.1 Å². The molecule has 118 valence electrons. The molecule has 0 amide bonds. The van der Waals surface area contributed by atoms with E-state index in [2.05, 4.69) is 4.98 Å². The molecule has 0 aliphatic carbocycles. The monoisotopic (exact) mass is 319 g/mol. The molecule has 3 aromatic rings. The molecule has 0 spiro atoms. The van der Waals surface area contributed by atoms with Gasteiger partial charge in [-0.15, -0.1) is 0 Å². The zero-order chi connectivity index (χ0) is 15.9. The number of hydrogen-bond acceptors (Lipinski definition) is 5. The van der Waals surface area contributed by atoms with E-state index in [0.717, 1.165) is 45.0 Å². The van der Waals surface area contributed by atoms with Crippen LogP contribution in [-0.2, 0) is 0 Å². The van der Waals surface area contributed by atoms with Crippen molar-refractivity contribution >= 4 is 22.9 Å². The van der Waals surface area contributed by atoms with Crippen molar-refractivity contribution in [3.05, 3.63) is 53.9 Å². The summed E-state index contributed by atoms with van der Waals surface area (Å²) in [7, 11) is 0. The minimum Gasteiger partial charge on any atom is -0.454 e. The highest BCUT2D eigenvalue weighted by Gasteiger charge is 2.15. The molecule has 0 saturated heterocycles. The van der Waals surface area contributed by atoms with Crippen LogP contribution in [0.1, 0.15) is 11.3 Å². The average molecular weight is 319 g/mol. The summed E-state index contributed by atoms with van der Waals surface area (Å²) in [5.41, 5.74) is 1.90. The van der Waals surface area contributed by atoms with E-state index in [-0.39, 0.29) is 13.6 Å². The predicted molar refractivity (Wildman–Crippen MR) is 89.4 cm³/mol. The van der Waals surface area contributed by atoms with Crippen molar-refractivity contribution < 1.29 is 18.9 Å². The van der Waals surface area contributed by atoms with Crippen LogP contribution in [0.3, 0.4) is 0 Å². The summed E-state index contributed by atoms with van der Waals surface area (Å²) >= 11 is 0. The second-order valence-corrected chi connectivity index (χ2v) is 5.57. The van der Waals surface area contributed by atoms with Gasteiger partial charge in [-0.3, -0.25) is 4.98 Å². The summed E-state index contributed by atoms with van der Waals surface area (Å²) < 4.78 is 21.6. The molecule has 5 nitrogen and oxygen atoms in total. The van der Waals surface area contributed by atoms with Crippen LogP contribution in [0, 0.1) is 0 Å². The first-order chi connectivity index (χ1) is 11.9. The Morgan fingerprint density at radius 2 is 1.50 bits per heavy atom. The quantitative estimate of drug-likeness (QED) is 0.718. The number of benzene rings is 2. The molecule has 0 bridgehead atoms. The first-order valence-electron chi connectivity index (χ1n) is 7.63. The molecule has 1 aromatic heterocycles. The van der Waals surface area contributed by atoms with Crippen LogP contribution in [0.5, 0.6) is 23.0 Å². The van der Waals surface area contributed by atoms with Crippen LogP contribution < -0.4 is 18.9 Å². The van der Waals surface area contributed by atoms with Gasteiger partial charge in [0.2, 0.25) is 13.6 Å². The van der Waals surface area contributed by atoms with Crippen molar-refractivity contribution in [3.8, 4) is 23.0 Å². The van der Waals surface area contributed by atoms with Crippen LogP contribution in [-0.4, -0.2) is 18.6 Å². The van der Waals surface area contributed by atoms with Gasteiger partial charge in [-0.05, 0) is 47.4 Å². The average Bonchev–Trinajstić information content (AvgIpc) is 3.25. The maximum absolute atomic E-state index is 5.47. The zero-order valence-electron chi connectivity index (χ0n) is 12.7. The number of hydrogen-bond donors (Lipinski definition) is 0. The highest BCUT2D eigenvalue weighted by atomic mass is 16.7. The molecule has 3 heterocycles. The fourth-order valence-electron chi connectivity index (χ4n) is 2.91. The highest BCUT2D eigenvalue weighted by Crippen LogP contribution is 2.37. The number of rotatable bonds is 2. The van der Waals surface area contributed by atoms with Crippen LogP contribution >= 0.6 is 0 Å². The Balaban J connectivity index is 1.54. The van der Waals surface area contributed by atoms with E-state index in [9.17, 15) is 0 Å². The minimum absolute atomic E-state index is 0.265. The lowest BCUT2D eigenvalue weighted by Crippen LogP contribution is -1.92. The van der Waals surface area contributed by atoms with E-state index in [1.807, 2.05) is 48.6 Å². The Morgan fingerprint density at radius 3 is 2.38 bits per heavy atom. The fraction of sp³-hybridized carbons (Fsp3) is 0.105. The highest BCUT2D eigenvalue weighted by molar-refractivity contribution is 5.93. The van der Waals surface area contributed by atoms with E-state index in [4.69, 9.17) is 18.9 Å². The largest absolute Gasteiger partial charge is 0.454 e. The van der Waals surface area contributed by atoms with Gasteiger partial charge in [0.15, 0.2) is 23.0 Å². The Hall–Kier alpha value is -3.21. The van der Waals surface area contributed by atoms with E-state index in [1.54, 1.807) is 6.20 Å². The third kappa shape index (κ3) is 2.13. The van der Waals surface area contributed by atoms with Crippen LogP contribution in [0.4, 0.5) is 0 Å². The van der Waals surface area contributed by atoms with Crippen molar-refractivity contribution in [2.45, 2.75) is 0 Å². The normalized spacial score (nSPS) is 14.7. The molecule has 2 aliphatic rings. The molecule has 0 N–H and O–H groups in total. The van der Waals surface area contributed by atoms with E-state index < -0.39 is 0 Å². The molecule has 0 radical (unpaired) electrons. The number of aromatic nitrogens is 1. The summed E-state index contributed by atoms with van der Waals surface area (Å²) in [6, 6.07) is 11.8. The van der Waals surface area contributed by atoms with Crippen LogP contribution in [0.15, 0.2) is 42.6 Å². The standard InChI is InChI=1S/C19H13NO4/c1(12-2-4-16-17(7-12)22-10-21-16)3-15-14-9-19-18(23-11-24-19)8-13(14)5-6-20-15/h1-9H,10-11H2. The molecule has 2 aliphatic heterocycles. The molecule has 24 heavy (non-hydrogen) atoms. The Labute approximate surface area is 138 Å². The molecule has 0 saturated carbocycles. The van der Waals surface area contributed by atoms with Gasteiger partial charge in [-0.25, -0.2) is 0 Å². The Bertz CT molecular complexity index is 981. The summed E-state index contributed by atoms with van der Waals surface area (Å²) in [5, 5.41) is 2.10. The van der Waals surface area contributed by atoms with Gasteiger partial charge in [0.05, 0.1) is 5.69 Å². The van der Waals surface area contributed by atoms with E-state index in [0.29, 0.717) is 0 Å². The lowest BCUT2D eigenvalue weighted by molar-refractivity contribution is 0.173. The molecule has 0 unspecified atom stereocenters. The number of nitrogens with zero attached hydrogens (tertiary/aromatic N) is 1. The van der Waals surface area contributed by atoms with Crippen LogP contribution in [0.25, 0.3) is 22.9 Å². The first-order valence-corrected chi connectivity index (χ1v) is 7.63. The lowest BCUT2D eigenvalue weighted by Gasteiger charge is -2.04. The molecule has 0 atom stereocenters. The summed E-state index contributed by atoms with van der Waals surface area (Å²) in [5.74, 6) is 3.09. The van der Waals surface area contributed by atoms with Gasteiger partial charge >= 0.3 is 0 Å².